The van der Waals surface area contributed by atoms with Gasteiger partial charge in [0.05, 0.1) is 5.92 Å². The predicted molar refractivity (Wildman–Crippen MR) is 76.6 cm³/mol. The van der Waals surface area contributed by atoms with E-state index in [0.717, 1.165) is 17.7 Å². The van der Waals surface area contributed by atoms with Crippen LogP contribution in [0.1, 0.15) is 23.3 Å². The molecular weight excluding hydrogens is 260 g/mol. The standard InChI is InChI=1S/C14H18N2O2S/c1-10-6-8-19-12(10)4-5-13(17)16-7-2-3-11(9-16)14(15)18/h4-6,8,11H,2-3,7,9H2,1H3,(H2,15,18)/b5-4+/t11-/m1/s1. The fraction of sp³-hybridized carbons (Fsp3) is 0.429. The van der Waals surface area contributed by atoms with E-state index in [4.69, 9.17) is 5.73 Å². The largest absolute Gasteiger partial charge is 0.369 e. The molecule has 0 bridgehead atoms. The summed E-state index contributed by atoms with van der Waals surface area (Å²) in [6, 6.07) is 2.03. The first kappa shape index (κ1) is 13.8. The van der Waals surface area contributed by atoms with Crippen molar-refractivity contribution in [2.45, 2.75) is 19.8 Å². The molecular formula is C14H18N2O2S. The van der Waals surface area contributed by atoms with E-state index in [1.165, 1.54) is 5.56 Å². The first-order valence-corrected chi connectivity index (χ1v) is 7.26. The van der Waals surface area contributed by atoms with Gasteiger partial charge in [-0.1, -0.05) is 0 Å². The van der Waals surface area contributed by atoms with Gasteiger partial charge < -0.3 is 10.6 Å². The fourth-order valence-electron chi connectivity index (χ4n) is 2.22. The molecule has 1 aliphatic rings. The van der Waals surface area contributed by atoms with Crippen molar-refractivity contribution in [1.29, 1.82) is 0 Å². The van der Waals surface area contributed by atoms with Gasteiger partial charge in [0.2, 0.25) is 11.8 Å². The Morgan fingerprint density at radius 1 is 1.53 bits per heavy atom. The maximum absolute atomic E-state index is 12.1. The number of aryl methyl sites for hydroxylation is 1. The molecule has 0 unspecified atom stereocenters. The van der Waals surface area contributed by atoms with Crippen LogP contribution < -0.4 is 5.73 Å². The van der Waals surface area contributed by atoms with Crippen LogP contribution in [0.5, 0.6) is 0 Å². The molecule has 1 saturated heterocycles. The molecule has 1 aromatic heterocycles. The van der Waals surface area contributed by atoms with Gasteiger partial charge in [0.15, 0.2) is 0 Å². The molecule has 1 atom stereocenters. The van der Waals surface area contributed by atoms with Crippen LogP contribution in [-0.4, -0.2) is 29.8 Å². The summed E-state index contributed by atoms with van der Waals surface area (Å²) >= 11 is 1.61. The Hall–Kier alpha value is -1.62. The third kappa shape index (κ3) is 3.44. The zero-order valence-corrected chi connectivity index (χ0v) is 11.8. The molecule has 5 heteroatoms. The third-order valence-electron chi connectivity index (χ3n) is 3.41. The Labute approximate surface area is 116 Å². The molecule has 4 nitrogen and oxygen atoms in total. The van der Waals surface area contributed by atoms with Crippen LogP contribution in [0.25, 0.3) is 6.08 Å². The van der Waals surface area contributed by atoms with Crippen molar-refractivity contribution in [2.75, 3.05) is 13.1 Å². The van der Waals surface area contributed by atoms with E-state index in [1.54, 1.807) is 22.3 Å². The van der Waals surface area contributed by atoms with Gasteiger partial charge in [-0.3, -0.25) is 9.59 Å². The van der Waals surface area contributed by atoms with Crippen molar-refractivity contribution in [1.82, 2.24) is 4.90 Å². The first-order valence-electron chi connectivity index (χ1n) is 6.38. The van der Waals surface area contributed by atoms with Crippen LogP contribution in [0.2, 0.25) is 0 Å². The molecule has 2 N–H and O–H groups in total. The Morgan fingerprint density at radius 3 is 2.95 bits per heavy atom. The van der Waals surface area contributed by atoms with E-state index >= 15 is 0 Å². The van der Waals surface area contributed by atoms with Gasteiger partial charge in [0, 0.05) is 24.0 Å². The summed E-state index contributed by atoms with van der Waals surface area (Å²) in [7, 11) is 0. The van der Waals surface area contributed by atoms with E-state index in [-0.39, 0.29) is 17.7 Å². The van der Waals surface area contributed by atoms with E-state index in [0.29, 0.717) is 13.1 Å². The molecule has 2 heterocycles. The maximum Gasteiger partial charge on any atom is 0.246 e. The number of rotatable bonds is 3. The maximum atomic E-state index is 12.1. The smallest absolute Gasteiger partial charge is 0.246 e. The predicted octanol–water partition coefficient (Wildman–Crippen LogP) is 1.79. The second-order valence-corrected chi connectivity index (χ2v) is 5.77. The number of carbonyl (C=O) groups is 2. The summed E-state index contributed by atoms with van der Waals surface area (Å²) in [6.07, 6.45) is 5.05. The Balaban J connectivity index is 1.98. The van der Waals surface area contributed by atoms with Crippen molar-refractivity contribution >= 4 is 29.2 Å². The number of nitrogens with zero attached hydrogens (tertiary/aromatic N) is 1. The lowest BCUT2D eigenvalue weighted by atomic mass is 9.97. The van der Waals surface area contributed by atoms with Crippen molar-refractivity contribution in [3.8, 4) is 0 Å². The molecule has 0 spiro atoms. The zero-order chi connectivity index (χ0) is 13.8. The van der Waals surface area contributed by atoms with E-state index in [9.17, 15) is 9.59 Å². The highest BCUT2D eigenvalue weighted by molar-refractivity contribution is 7.11. The number of likely N-dealkylation sites (tertiary alicyclic amines) is 1. The molecule has 2 amide bonds. The van der Waals surface area contributed by atoms with Gasteiger partial charge in [0.1, 0.15) is 0 Å². The number of carbonyl (C=O) groups excluding carboxylic acids is 2. The Morgan fingerprint density at radius 2 is 2.32 bits per heavy atom. The second-order valence-electron chi connectivity index (χ2n) is 4.83. The summed E-state index contributed by atoms with van der Waals surface area (Å²) in [5.41, 5.74) is 6.48. The van der Waals surface area contributed by atoms with Gasteiger partial charge in [-0.15, -0.1) is 11.3 Å². The monoisotopic (exact) mass is 278 g/mol. The van der Waals surface area contributed by atoms with Crippen molar-refractivity contribution in [3.05, 3.63) is 28.0 Å². The minimum atomic E-state index is -0.310. The number of hydrogen-bond donors (Lipinski definition) is 1. The molecule has 1 fully saturated rings. The molecule has 0 saturated carbocycles. The third-order valence-corrected chi connectivity index (χ3v) is 4.40. The van der Waals surface area contributed by atoms with Crippen molar-refractivity contribution in [3.63, 3.8) is 0 Å². The van der Waals surface area contributed by atoms with E-state index in [1.807, 2.05) is 24.4 Å². The zero-order valence-electron chi connectivity index (χ0n) is 11.0. The SMILES string of the molecule is Cc1ccsc1/C=C/C(=O)N1CCC[C@@H](C(N)=O)C1. The number of piperidine rings is 1. The van der Waals surface area contributed by atoms with E-state index < -0.39 is 0 Å². The Bertz CT molecular complexity index is 507. The van der Waals surface area contributed by atoms with Gasteiger partial charge >= 0.3 is 0 Å². The van der Waals surface area contributed by atoms with Crippen LogP contribution in [0.15, 0.2) is 17.5 Å². The average Bonchev–Trinajstić information content (AvgIpc) is 2.81. The number of hydrogen-bond acceptors (Lipinski definition) is 3. The molecule has 1 aliphatic heterocycles. The summed E-state index contributed by atoms with van der Waals surface area (Å²) in [6.45, 7) is 3.17. The minimum Gasteiger partial charge on any atom is -0.369 e. The van der Waals surface area contributed by atoms with E-state index in [2.05, 4.69) is 0 Å². The fourth-order valence-corrected chi connectivity index (χ4v) is 3.04. The first-order chi connectivity index (χ1) is 9.08. The van der Waals surface area contributed by atoms with Crippen LogP contribution in [-0.2, 0) is 9.59 Å². The summed E-state index contributed by atoms with van der Waals surface area (Å²) in [4.78, 5) is 26.0. The number of nitrogens with two attached hydrogens (primary N) is 1. The molecule has 102 valence electrons. The van der Waals surface area contributed by atoms with Crippen LogP contribution in [0, 0.1) is 12.8 Å². The molecule has 19 heavy (non-hydrogen) atoms. The lowest BCUT2D eigenvalue weighted by molar-refractivity contribution is -0.130. The normalized spacial score (nSPS) is 19.8. The van der Waals surface area contributed by atoms with Crippen LogP contribution >= 0.6 is 11.3 Å². The number of primary amides is 1. The highest BCUT2D eigenvalue weighted by Gasteiger charge is 2.25. The van der Waals surface area contributed by atoms with Gasteiger partial charge in [-0.05, 0) is 42.9 Å². The Kier molecular flexibility index (Phi) is 4.37. The quantitative estimate of drug-likeness (QED) is 0.857. The molecule has 2 rings (SSSR count). The lowest BCUT2D eigenvalue weighted by Crippen LogP contribution is -2.43. The highest BCUT2D eigenvalue weighted by atomic mass is 32.1. The lowest BCUT2D eigenvalue weighted by Gasteiger charge is -2.30. The van der Waals surface area contributed by atoms with Crippen molar-refractivity contribution in [2.24, 2.45) is 11.7 Å². The van der Waals surface area contributed by atoms with Gasteiger partial charge in [0.25, 0.3) is 0 Å². The van der Waals surface area contributed by atoms with Gasteiger partial charge in [-0.2, -0.15) is 0 Å². The summed E-state index contributed by atoms with van der Waals surface area (Å²) in [5, 5.41) is 2.00. The molecule has 0 aromatic carbocycles. The topological polar surface area (TPSA) is 63.4 Å². The van der Waals surface area contributed by atoms with Crippen LogP contribution in [0.4, 0.5) is 0 Å². The molecule has 1 aromatic rings. The van der Waals surface area contributed by atoms with Crippen molar-refractivity contribution < 1.29 is 9.59 Å². The second kappa shape index (κ2) is 6.02. The molecule has 0 aliphatic carbocycles. The highest BCUT2D eigenvalue weighted by Crippen LogP contribution is 2.19. The summed E-state index contributed by atoms with van der Waals surface area (Å²) in [5.74, 6) is -0.552. The molecule has 0 radical (unpaired) electrons. The number of thiophene rings is 1. The van der Waals surface area contributed by atoms with Crippen LogP contribution in [0.3, 0.4) is 0 Å². The summed E-state index contributed by atoms with van der Waals surface area (Å²) < 4.78 is 0. The van der Waals surface area contributed by atoms with Gasteiger partial charge in [-0.25, -0.2) is 0 Å². The number of amides is 2. The average molecular weight is 278 g/mol. The minimum absolute atomic E-state index is 0.0428.